The lowest BCUT2D eigenvalue weighted by atomic mass is 9.93. The Hall–Kier alpha value is -0.910. The van der Waals surface area contributed by atoms with Crippen molar-refractivity contribution in [2.75, 3.05) is 26.4 Å². The molecule has 0 aliphatic heterocycles. The fourth-order valence-corrected chi connectivity index (χ4v) is 2.41. The number of halogens is 1. The van der Waals surface area contributed by atoms with Crippen LogP contribution in [0.3, 0.4) is 0 Å². The maximum atomic E-state index is 12.3. The molecule has 0 spiro atoms. The van der Waals surface area contributed by atoms with E-state index in [1.165, 1.54) is 4.90 Å². The molecule has 0 radical (unpaired) electrons. The predicted octanol–water partition coefficient (Wildman–Crippen LogP) is 3.04. The lowest BCUT2D eigenvalue weighted by Gasteiger charge is -2.30. The third kappa shape index (κ3) is 6.46. The van der Waals surface area contributed by atoms with Crippen molar-refractivity contribution in [3.05, 3.63) is 24.3 Å². The van der Waals surface area contributed by atoms with Crippen LogP contribution in [0.25, 0.3) is 0 Å². The number of hydrogen-bond donors (Lipinski definition) is 1. The van der Waals surface area contributed by atoms with Gasteiger partial charge in [-0.2, -0.15) is 0 Å². The fraction of sp³-hybridized carbons (Fsp3) is 0.562. The fourth-order valence-electron chi connectivity index (χ4n) is 2.00. The van der Waals surface area contributed by atoms with Gasteiger partial charge in [0.05, 0.1) is 0 Å². The standard InChI is InChI=1S/C16H26N2O2S.ClH/c1-12(15(19)18(4)11-16(2,3)10-17)20-13-6-8-14(21-5)9-7-13;/h6-9,12H,10-11,17H2,1-5H3;1H. The number of nitrogens with two attached hydrogens (primary N) is 1. The Kier molecular flexibility index (Phi) is 8.89. The van der Waals surface area contributed by atoms with Crippen LogP contribution in [0.5, 0.6) is 5.75 Å². The lowest BCUT2D eigenvalue weighted by molar-refractivity contribution is -0.137. The highest BCUT2D eigenvalue weighted by Gasteiger charge is 2.25. The summed E-state index contributed by atoms with van der Waals surface area (Å²) < 4.78 is 5.71. The first kappa shape index (κ1) is 21.1. The Morgan fingerprint density at radius 1 is 1.36 bits per heavy atom. The van der Waals surface area contributed by atoms with Gasteiger partial charge in [0.2, 0.25) is 0 Å². The van der Waals surface area contributed by atoms with Crippen LogP contribution in [0.2, 0.25) is 0 Å². The summed E-state index contributed by atoms with van der Waals surface area (Å²) in [7, 11) is 1.79. The Bertz CT molecular complexity index is 466. The van der Waals surface area contributed by atoms with Gasteiger partial charge in [-0.3, -0.25) is 4.79 Å². The molecule has 0 aliphatic carbocycles. The van der Waals surface area contributed by atoms with Gasteiger partial charge in [-0.05, 0) is 49.4 Å². The molecule has 126 valence electrons. The minimum Gasteiger partial charge on any atom is -0.481 e. The number of carbonyl (C=O) groups excluding carboxylic acids is 1. The van der Waals surface area contributed by atoms with Gasteiger partial charge in [-0.25, -0.2) is 0 Å². The summed E-state index contributed by atoms with van der Waals surface area (Å²) in [4.78, 5) is 15.2. The number of amides is 1. The Morgan fingerprint density at radius 3 is 2.36 bits per heavy atom. The third-order valence-corrected chi connectivity index (χ3v) is 4.06. The van der Waals surface area contributed by atoms with Crippen molar-refractivity contribution in [1.82, 2.24) is 4.90 Å². The molecule has 1 aromatic rings. The molecule has 1 rings (SSSR count). The second kappa shape index (κ2) is 9.28. The number of ether oxygens (including phenoxy) is 1. The normalized spacial score (nSPS) is 12.3. The van der Waals surface area contributed by atoms with Crippen molar-refractivity contribution < 1.29 is 9.53 Å². The van der Waals surface area contributed by atoms with Crippen LogP contribution in [-0.4, -0.2) is 43.3 Å². The van der Waals surface area contributed by atoms with Gasteiger partial charge < -0.3 is 15.4 Å². The Balaban J connectivity index is 0.00000441. The molecule has 0 aromatic heterocycles. The molecule has 4 nitrogen and oxygen atoms in total. The topological polar surface area (TPSA) is 55.6 Å². The van der Waals surface area contributed by atoms with Crippen LogP contribution in [0.4, 0.5) is 0 Å². The molecule has 1 aromatic carbocycles. The minimum atomic E-state index is -0.510. The first-order valence-electron chi connectivity index (χ1n) is 7.05. The molecule has 22 heavy (non-hydrogen) atoms. The summed E-state index contributed by atoms with van der Waals surface area (Å²) in [5, 5.41) is 0. The average molecular weight is 347 g/mol. The monoisotopic (exact) mass is 346 g/mol. The number of rotatable bonds is 7. The van der Waals surface area contributed by atoms with Crippen molar-refractivity contribution in [2.24, 2.45) is 11.1 Å². The molecule has 0 saturated carbocycles. The molecule has 1 unspecified atom stereocenters. The molecule has 0 fully saturated rings. The number of nitrogens with zero attached hydrogens (tertiary/aromatic N) is 1. The molecule has 2 N–H and O–H groups in total. The van der Waals surface area contributed by atoms with Crippen LogP contribution in [-0.2, 0) is 4.79 Å². The second-order valence-corrected chi connectivity index (χ2v) is 6.88. The highest BCUT2D eigenvalue weighted by atomic mass is 35.5. The van der Waals surface area contributed by atoms with E-state index < -0.39 is 6.10 Å². The van der Waals surface area contributed by atoms with E-state index in [1.807, 2.05) is 44.4 Å². The summed E-state index contributed by atoms with van der Waals surface area (Å²) in [6.07, 6.45) is 1.51. The minimum absolute atomic E-state index is 0. The summed E-state index contributed by atoms with van der Waals surface area (Å²) >= 11 is 1.67. The number of benzene rings is 1. The summed E-state index contributed by atoms with van der Waals surface area (Å²) in [5.41, 5.74) is 5.62. The quantitative estimate of drug-likeness (QED) is 0.771. The number of carbonyl (C=O) groups is 1. The molecule has 0 heterocycles. The molecule has 6 heteroatoms. The predicted molar refractivity (Wildman–Crippen MR) is 96.0 cm³/mol. The number of likely N-dealkylation sites (N-methyl/N-ethyl adjacent to an activating group) is 1. The zero-order valence-electron chi connectivity index (χ0n) is 14.0. The molecule has 1 atom stereocenters. The van der Waals surface area contributed by atoms with Crippen molar-refractivity contribution in [3.8, 4) is 5.75 Å². The molecular formula is C16H27ClN2O2S. The number of hydrogen-bond acceptors (Lipinski definition) is 4. The van der Waals surface area contributed by atoms with E-state index in [-0.39, 0.29) is 23.7 Å². The van der Waals surface area contributed by atoms with Gasteiger partial charge in [0, 0.05) is 18.5 Å². The SMILES string of the molecule is CSc1ccc(OC(C)C(=O)N(C)CC(C)(C)CN)cc1.Cl. The first-order valence-corrected chi connectivity index (χ1v) is 8.27. The average Bonchev–Trinajstić information content (AvgIpc) is 2.46. The van der Waals surface area contributed by atoms with Crippen LogP contribution in [0.15, 0.2) is 29.2 Å². The Labute approximate surface area is 144 Å². The van der Waals surface area contributed by atoms with E-state index in [0.717, 1.165) is 0 Å². The van der Waals surface area contributed by atoms with Crippen molar-refractivity contribution in [3.63, 3.8) is 0 Å². The highest BCUT2D eigenvalue weighted by molar-refractivity contribution is 7.98. The summed E-state index contributed by atoms with van der Waals surface area (Å²) in [6.45, 7) is 7.01. The van der Waals surface area contributed by atoms with Gasteiger partial charge in [0.1, 0.15) is 5.75 Å². The van der Waals surface area contributed by atoms with Crippen molar-refractivity contribution in [2.45, 2.75) is 31.8 Å². The van der Waals surface area contributed by atoms with Crippen LogP contribution in [0, 0.1) is 5.41 Å². The maximum absolute atomic E-state index is 12.3. The van der Waals surface area contributed by atoms with Crippen LogP contribution >= 0.6 is 24.2 Å². The van der Waals surface area contributed by atoms with Crippen molar-refractivity contribution in [1.29, 1.82) is 0 Å². The summed E-state index contributed by atoms with van der Waals surface area (Å²) in [6, 6.07) is 7.75. The first-order chi connectivity index (χ1) is 9.79. The number of thioether (sulfide) groups is 1. The van der Waals surface area contributed by atoms with E-state index in [1.54, 1.807) is 30.6 Å². The van der Waals surface area contributed by atoms with Gasteiger partial charge in [0.25, 0.3) is 5.91 Å². The summed E-state index contributed by atoms with van der Waals surface area (Å²) in [5.74, 6) is 0.672. The van der Waals surface area contributed by atoms with E-state index in [0.29, 0.717) is 18.8 Å². The highest BCUT2D eigenvalue weighted by Crippen LogP contribution is 2.20. The van der Waals surface area contributed by atoms with Crippen molar-refractivity contribution >= 4 is 30.1 Å². The Morgan fingerprint density at radius 2 is 1.91 bits per heavy atom. The molecular weight excluding hydrogens is 320 g/mol. The third-order valence-electron chi connectivity index (χ3n) is 3.31. The zero-order chi connectivity index (χ0) is 16.0. The smallest absolute Gasteiger partial charge is 0.263 e. The van der Waals surface area contributed by atoms with E-state index in [2.05, 4.69) is 0 Å². The molecule has 1 amide bonds. The van der Waals surface area contributed by atoms with Crippen LogP contribution in [0.1, 0.15) is 20.8 Å². The second-order valence-electron chi connectivity index (χ2n) is 6.00. The molecule has 0 saturated heterocycles. The largest absolute Gasteiger partial charge is 0.481 e. The van der Waals surface area contributed by atoms with E-state index in [9.17, 15) is 4.79 Å². The molecule has 0 bridgehead atoms. The van der Waals surface area contributed by atoms with E-state index in [4.69, 9.17) is 10.5 Å². The van der Waals surface area contributed by atoms with Gasteiger partial charge in [-0.1, -0.05) is 13.8 Å². The molecule has 0 aliphatic rings. The lowest BCUT2D eigenvalue weighted by Crippen LogP contribution is -2.44. The van der Waals surface area contributed by atoms with Crippen LogP contribution < -0.4 is 10.5 Å². The maximum Gasteiger partial charge on any atom is 0.263 e. The zero-order valence-corrected chi connectivity index (χ0v) is 15.6. The van der Waals surface area contributed by atoms with Gasteiger partial charge in [-0.15, -0.1) is 24.2 Å². The van der Waals surface area contributed by atoms with Gasteiger partial charge >= 0.3 is 0 Å². The van der Waals surface area contributed by atoms with Gasteiger partial charge in [0.15, 0.2) is 6.10 Å². The van der Waals surface area contributed by atoms with E-state index >= 15 is 0 Å².